The molecule has 0 aliphatic heterocycles. The number of carbonyl (C=O) groups is 1. The lowest BCUT2D eigenvalue weighted by Crippen LogP contribution is -2.60. The summed E-state index contributed by atoms with van der Waals surface area (Å²) in [5.74, 6) is -0.251. The van der Waals surface area contributed by atoms with Gasteiger partial charge in [-0.25, -0.2) is 4.98 Å². The molecule has 2 unspecified atom stereocenters. The average Bonchev–Trinajstić information content (AvgIpc) is 2.81. The summed E-state index contributed by atoms with van der Waals surface area (Å²) in [6.45, 7) is 4.07. The largest absolute Gasteiger partial charge is 0.440 e. The van der Waals surface area contributed by atoms with Gasteiger partial charge >= 0.3 is 0 Å². The molecule has 106 valence electrons. The monoisotopic (exact) mass is 283 g/mol. The summed E-state index contributed by atoms with van der Waals surface area (Å²) in [6.07, 6.45) is 6.79. The summed E-state index contributed by atoms with van der Waals surface area (Å²) in [5.41, 5.74) is 5.05. The number of nitrogens with zero attached hydrogens (tertiary/aromatic N) is 1. The lowest BCUT2D eigenvalue weighted by molar-refractivity contribution is -0.126. The van der Waals surface area contributed by atoms with Crippen LogP contribution in [0.25, 0.3) is 0 Å². The number of nitrogens with one attached hydrogen (secondary N) is 1. The molecule has 1 aromatic heterocycles. The van der Waals surface area contributed by atoms with Crippen molar-refractivity contribution < 1.29 is 9.21 Å². The van der Waals surface area contributed by atoms with E-state index >= 15 is 0 Å². The van der Waals surface area contributed by atoms with E-state index in [0.29, 0.717) is 10.5 Å². The maximum absolute atomic E-state index is 11.9. The molecule has 3 N–H and O–H groups in total. The molecule has 1 amide bonds. The molecule has 2 rings (SSSR count). The second-order valence-corrected chi connectivity index (χ2v) is 6.63. The summed E-state index contributed by atoms with van der Waals surface area (Å²) < 4.78 is 5.26. The number of thioether (sulfide) groups is 1. The van der Waals surface area contributed by atoms with Crippen molar-refractivity contribution in [2.24, 2.45) is 5.73 Å². The van der Waals surface area contributed by atoms with Crippen LogP contribution in [0.3, 0.4) is 0 Å². The number of primary amides is 1. The zero-order valence-electron chi connectivity index (χ0n) is 11.4. The van der Waals surface area contributed by atoms with E-state index in [1.807, 2.05) is 13.8 Å². The Hall–Kier alpha value is -1.01. The Balaban J connectivity index is 2.06. The minimum absolute atomic E-state index is 0.234. The topological polar surface area (TPSA) is 81.1 Å². The van der Waals surface area contributed by atoms with E-state index in [-0.39, 0.29) is 11.9 Å². The van der Waals surface area contributed by atoms with E-state index in [2.05, 4.69) is 10.3 Å². The van der Waals surface area contributed by atoms with E-state index in [1.165, 1.54) is 0 Å². The van der Waals surface area contributed by atoms with Crippen molar-refractivity contribution in [2.75, 3.05) is 0 Å². The van der Waals surface area contributed by atoms with E-state index < -0.39 is 5.54 Å². The van der Waals surface area contributed by atoms with Gasteiger partial charge in [0, 0.05) is 11.3 Å². The van der Waals surface area contributed by atoms with Crippen molar-refractivity contribution in [2.45, 2.75) is 61.6 Å². The van der Waals surface area contributed by atoms with Crippen LogP contribution < -0.4 is 11.1 Å². The smallest absolute Gasteiger partial charge is 0.255 e. The normalized spacial score (nSPS) is 27.6. The van der Waals surface area contributed by atoms with Gasteiger partial charge in [-0.05, 0) is 39.5 Å². The number of carbonyl (C=O) groups excluding carboxylic acids is 1. The molecule has 1 saturated carbocycles. The number of hydrogen-bond donors (Lipinski definition) is 2. The summed E-state index contributed by atoms with van der Waals surface area (Å²) >= 11 is 1.59. The molecule has 1 aliphatic carbocycles. The molecule has 1 fully saturated rings. The van der Waals surface area contributed by atoms with Crippen LogP contribution >= 0.6 is 11.8 Å². The van der Waals surface area contributed by atoms with Crippen LogP contribution in [-0.4, -0.2) is 27.7 Å². The molecule has 2 atom stereocenters. The van der Waals surface area contributed by atoms with Gasteiger partial charge in [-0.1, -0.05) is 11.8 Å². The highest BCUT2D eigenvalue weighted by molar-refractivity contribution is 7.99. The molecule has 1 aliphatic rings. The first-order valence-electron chi connectivity index (χ1n) is 6.65. The Bertz CT molecular complexity index is 422. The fourth-order valence-electron chi connectivity index (χ4n) is 2.71. The molecule has 0 aromatic carbocycles. The first-order valence-corrected chi connectivity index (χ1v) is 7.53. The quantitative estimate of drug-likeness (QED) is 0.863. The fourth-order valence-corrected chi connectivity index (χ4v) is 3.88. The van der Waals surface area contributed by atoms with Gasteiger partial charge in [-0.2, -0.15) is 0 Å². The molecule has 5 nitrogen and oxygen atoms in total. The highest BCUT2D eigenvalue weighted by Crippen LogP contribution is 2.38. The Morgan fingerprint density at radius 2 is 2.47 bits per heavy atom. The lowest BCUT2D eigenvalue weighted by atomic mass is 9.80. The van der Waals surface area contributed by atoms with Crippen LogP contribution in [0.4, 0.5) is 0 Å². The molecule has 19 heavy (non-hydrogen) atoms. The third-order valence-electron chi connectivity index (χ3n) is 3.42. The van der Waals surface area contributed by atoms with Crippen molar-refractivity contribution in [3.05, 3.63) is 12.5 Å². The van der Waals surface area contributed by atoms with Crippen molar-refractivity contribution in [1.29, 1.82) is 0 Å². The maximum Gasteiger partial charge on any atom is 0.255 e. The van der Waals surface area contributed by atoms with Crippen LogP contribution in [0.15, 0.2) is 22.1 Å². The zero-order valence-corrected chi connectivity index (χ0v) is 12.2. The van der Waals surface area contributed by atoms with Crippen LogP contribution in [0.1, 0.15) is 39.5 Å². The summed E-state index contributed by atoms with van der Waals surface area (Å²) in [4.78, 5) is 16.0. The Morgan fingerprint density at radius 1 is 1.68 bits per heavy atom. The number of nitrogens with two attached hydrogens (primary N) is 1. The highest BCUT2D eigenvalue weighted by Gasteiger charge is 2.42. The minimum atomic E-state index is -0.587. The summed E-state index contributed by atoms with van der Waals surface area (Å²) in [6, 6.07) is 0.234. The molecule has 0 saturated heterocycles. The predicted molar refractivity (Wildman–Crippen MR) is 74.8 cm³/mol. The van der Waals surface area contributed by atoms with Gasteiger partial charge in [-0.3, -0.25) is 4.79 Å². The van der Waals surface area contributed by atoms with Crippen LogP contribution in [-0.2, 0) is 4.79 Å². The molecule has 0 radical (unpaired) electrons. The van der Waals surface area contributed by atoms with Crippen molar-refractivity contribution in [3.63, 3.8) is 0 Å². The van der Waals surface area contributed by atoms with Crippen LogP contribution in [0.5, 0.6) is 0 Å². The van der Waals surface area contributed by atoms with E-state index in [0.717, 1.165) is 25.7 Å². The van der Waals surface area contributed by atoms with Gasteiger partial charge in [0.05, 0.1) is 11.7 Å². The van der Waals surface area contributed by atoms with E-state index in [1.54, 1.807) is 24.2 Å². The molecule has 6 heteroatoms. The molecule has 0 bridgehead atoms. The number of oxazole rings is 1. The Kier molecular flexibility index (Phi) is 4.52. The van der Waals surface area contributed by atoms with Gasteiger partial charge in [0.15, 0.2) is 0 Å². The van der Waals surface area contributed by atoms with Crippen LogP contribution in [0.2, 0.25) is 0 Å². The summed E-state index contributed by atoms with van der Waals surface area (Å²) in [5, 5.41) is 4.34. The van der Waals surface area contributed by atoms with Crippen molar-refractivity contribution in [1.82, 2.24) is 10.3 Å². The predicted octanol–water partition coefficient (Wildman–Crippen LogP) is 1.93. The number of hydrogen-bond acceptors (Lipinski definition) is 5. The highest BCUT2D eigenvalue weighted by atomic mass is 32.2. The molecular weight excluding hydrogens is 262 g/mol. The molecule has 1 heterocycles. The number of amides is 1. The minimum Gasteiger partial charge on any atom is -0.440 e. The van der Waals surface area contributed by atoms with Crippen LogP contribution in [0, 0.1) is 0 Å². The number of aromatic nitrogens is 1. The van der Waals surface area contributed by atoms with Crippen molar-refractivity contribution >= 4 is 17.7 Å². The van der Waals surface area contributed by atoms with Gasteiger partial charge in [0.2, 0.25) is 5.91 Å². The SMILES string of the molecule is CC(C)NC1(C(N)=O)CCCC(Sc2ncco2)C1. The zero-order chi connectivity index (χ0) is 13.9. The first kappa shape index (κ1) is 14.4. The standard InChI is InChI=1S/C13H21N3O2S/c1-9(2)16-13(11(14)17)5-3-4-10(8-13)19-12-15-6-7-18-12/h6-7,9-10,16H,3-5,8H2,1-2H3,(H2,14,17). The van der Waals surface area contributed by atoms with Gasteiger partial charge in [0.1, 0.15) is 6.26 Å². The second-order valence-electron chi connectivity index (χ2n) is 5.38. The third-order valence-corrected chi connectivity index (χ3v) is 4.56. The molecule has 1 aromatic rings. The Labute approximate surface area is 117 Å². The summed E-state index contributed by atoms with van der Waals surface area (Å²) in [7, 11) is 0. The van der Waals surface area contributed by atoms with Gasteiger partial charge < -0.3 is 15.5 Å². The maximum atomic E-state index is 11.9. The van der Waals surface area contributed by atoms with E-state index in [4.69, 9.17) is 10.2 Å². The Morgan fingerprint density at radius 3 is 3.05 bits per heavy atom. The van der Waals surface area contributed by atoms with Gasteiger partial charge in [0.25, 0.3) is 5.22 Å². The number of rotatable bonds is 5. The first-order chi connectivity index (χ1) is 9.02. The third kappa shape index (κ3) is 3.51. The fraction of sp³-hybridized carbons (Fsp3) is 0.692. The average molecular weight is 283 g/mol. The van der Waals surface area contributed by atoms with Gasteiger partial charge in [-0.15, -0.1) is 0 Å². The van der Waals surface area contributed by atoms with E-state index in [9.17, 15) is 4.79 Å². The lowest BCUT2D eigenvalue weighted by Gasteiger charge is -2.40. The van der Waals surface area contributed by atoms with Crippen molar-refractivity contribution in [3.8, 4) is 0 Å². The molecule has 0 spiro atoms. The second kappa shape index (κ2) is 5.96. The molecular formula is C13H21N3O2S.